The number of rotatable bonds is 6. The van der Waals surface area contributed by atoms with Crippen molar-refractivity contribution in [3.63, 3.8) is 0 Å². The normalized spacial score (nSPS) is 13.3. The highest BCUT2D eigenvalue weighted by atomic mass is 35.5. The second-order valence-electron chi connectivity index (χ2n) is 5.87. The summed E-state index contributed by atoms with van der Waals surface area (Å²) < 4.78 is 6.76. The van der Waals surface area contributed by atoms with E-state index >= 15 is 0 Å². The van der Waals surface area contributed by atoms with Gasteiger partial charge >= 0.3 is 0 Å². The summed E-state index contributed by atoms with van der Waals surface area (Å²) in [5.74, 6) is 0. The van der Waals surface area contributed by atoms with E-state index < -0.39 is 11.7 Å². The standard InChI is InChI=1S/C18H20ClN3O3/c1-11-12(2)21-22(18(24)17(11)8-20)9-16(23)10-25-13(3)14-4-6-15(19)7-5-14/h4-7,13,16,23H,9-10H2,1-3H3/t13-,16+/m1/s1. The summed E-state index contributed by atoms with van der Waals surface area (Å²) in [5, 5.41) is 24.1. The summed E-state index contributed by atoms with van der Waals surface area (Å²) in [4.78, 5) is 12.2. The van der Waals surface area contributed by atoms with Crippen LogP contribution in [0.5, 0.6) is 0 Å². The number of benzene rings is 1. The van der Waals surface area contributed by atoms with Gasteiger partial charge in [0.25, 0.3) is 5.56 Å². The summed E-state index contributed by atoms with van der Waals surface area (Å²) in [5.41, 5.74) is 1.63. The first-order chi connectivity index (χ1) is 11.8. The third-order valence-electron chi connectivity index (χ3n) is 4.01. The molecule has 132 valence electrons. The highest BCUT2D eigenvalue weighted by Crippen LogP contribution is 2.19. The highest BCUT2D eigenvalue weighted by molar-refractivity contribution is 6.30. The number of halogens is 1. The molecule has 1 aromatic carbocycles. The van der Waals surface area contributed by atoms with Crippen molar-refractivity contribution in [3.05, 3.63) is 62.0 Å². The van der Waals surface area contributed by atoms with Crippen LogP contribution in [0.15, 0.2) is 29.1 Å². The Bertz CT molecular complexity index is 840. The van der Waals surface area contributed by atoms with E-state index in [0.29, 0.717) is 16.3 Å². The van der Waals surface area contributed by atoms with Crippen LogP contribution >= 0.6 is 11.6 Å². The van der Waals surface area contributed by atoms with Gasteiger partial charge in [-0.1, -0.05) is 23.7 Å². The molecule has 1 heterocycles. The van der Waals surface area contributed by atoms with Crippen LogP contribution in [0.2, 0.25) is 5.02 Å². The maximum atomic E-state index is 12.2. The van der Waals surface area contributed by atoms with Crippen LogP contribution in [-0.2, 0) is 11.3 Å². The number of aliphatic hydroxyl groups is 1. The summed E-state index contributed by atoms with van der Waals surface area (Å²) in [6.07, 6.45) is -1.15. The Morgan fingerprint density at radius 1 is 1.36 bits per heavy atom. The van der Waals surface area contributed by atoms with Crippen molar-refractivity contribution >= 4 is 11.6 Å². The SMILES string of the molecule is Cc1nn(C[C@H](O)CO[C@H](C)c2ccc(Cl)cc2)c(=O)c(C#N)c1C. The van der Waals surface area contributed by atoms with Gasteiger partial charge in [0.05, 0.1) is 31.1 Å². The largest absolute Gasteiger partial charge is 0.389 e. The lowest BCUT2D eigenvalue weighted by Crippen LogP contribution is -2.33. The molecule has 2 rings (SSSR count). The second-order valence-corrected chi connectivity index (χ2v) is 6.30. The first-order valence-electron chi connectivity index (χ1n) is 7.87. The number of aromatic nitrogens is 2. The Kier molecular flexibility index (Phi) is 6.32. The smallest absolute Gasteiger partial charge is 0.285 e. The molecule has 0 amide bonds. The number of ether oxygens (including phenoxy) is 1. The van der Waals surface area contributed by atoms with Crippen LogP contribution < -0.4 is 5.56 Å². The molecule has 0 unspecified atom stereocenters. The van der Waals surface area contributed by atoms with Crippen molar-refractivity contribution in [3.8, 4) is 6.07 Å². The number of nitriles is 1. The van der Waals surface area contributed by atoms with Gasteiger partial charge in [0, 0.05) is 5.02 Å². The van der Waals surface area contributed by atoms with E-state index in [-0.39, 0.29) is 24.8 Å². The van der Waals surface area contributed by atoms with E-state index in [1.54, 1.807) is 26.0 Å². The van der Waals surface area contributed by atoms with Crippen LogP contribution in [0.1, 0.15) is 35.4 Å². The Balaban J connectivity index is 2.02. The van der Waals surface area contributed by atoms with E-state index in [2.05, 4.69) is 5.10 Å². The number of aliphatic hydroxyl groups excluding tert-OH is 1. The molecule has 0 aliphatic carbocycles. The van der Waals surface area contributed by atoms with Gasteiger partial charge in [-0.2, -0.15) is 10.4 Å². The Morgan fingerprint density at radius 2 is 2.00 bits per heavy atom. The summed E-state index contributed by atoms with van der Waals surface area (Å²) >= 11 is 5.85. The van der Waals surface area contributed by atoms with Crippen molar-refractivity contribution < 1.29 is 9.84 Å². The average Bonchev–Trinajstić information content (AvgIpc) is 2.58. The fourth-order valence-electron chi connectivity index (χ4n) is 2.37. The van der Waals surface area contributed by atoms with Gasteiger partial charge in [-0.05, 0) is 44.0 Å². The predicted molar refractivity (Wildman–Crippen MR) is 94.5 cm³/mol. The second kappa shape index (κ2) is 8.26. The molecule has 1 N–H and O–H groups in total. The lowest BCUT2D eigenvalue weighted by molar-refractivity contribution is -0.0105. The maximum absolute atomic E-state index is 12.2. The fourth-order valence-corrected chi connectivity index (χ4v) is 2.49. The molecule has 0 spiro atoms. The monoisotopic (exact) mass is 361 g/mol. The van der Waals surface area contributed by atoms with Crippen LogP contribution in [-0.4, -0.2) is 27.6 Å². The van der Waals surface area contributed by atoms with Crippen LogP contribution in [0, 0.1) is 25.2 Å². The van der Waals surface area contributed by atoms with Crippen molar-refractivity contribution in [2.24, 2.45) is 0 Å². The third kappa shape index (κ3) is 4.67. The summed E-state index contributed by atoms with van der Waals surface area (Å²) in [7, 11) is 0. The molecule has 0 bridgehead atoms. The Hall–Kier alpha value is -2.20. The molecule has 0 aliphatic rings. The molecule has 0 fully saturated rings. The van der Waals surface area contributed by atoms with Gasteiger partial charge in [0.2, 0.25) is 0 Å². The van der Waals surface area contributed by atoms with Crippen molar-refractivity contribution in [1.29, 1.82) is 5.26 Å². The zero-order chi connectivity index (χ0) is 18.6. The van der Waals surface area contributed by atoms with E-state index in [4.69, 9.17) is 21.6 Å². The minimum absolute atomic E-state index is 0.0344. The summed E-state index contributed by atoms with van der Waals surface area (Å²) in [6, 6.07) is 9.15. The molecule has 2 aromatic rings. The van der Waals surface area contributed by atoms with Gasteiger partial charge < -0.3 is 9.84 Å². The molecule has 2 atom stereocenters. The van der Waals surface area contributed by atoms with Crippen LogP contribution in [0.4, 0.5) is 0 Å². The molecule has 25 heavy (non-hydrogen) atoms. The fraction of sp³-hybridized carbons (Fsp3) is 0.389. The summed E-state index contributed by atoms with van der Waals surface area (Å²) in [6.45, 7) is 5.26. The van der Waals surface area contributed by atoms with Crippen LogP contribution in [0.3, 0.4) is 0 Å². The molecular weight excluding hydrogens is 342 g/mol. The predicted octanol–water partition coefficient (Wildman–Crippen LogP) is 2.52. The zero-order valence-corrected chi connectivity index (χ0v) is 15.1. The number of hydrogen-bond acceptors (Lipinski definition) is 5. The van der Waals surface area contributed by atoms with E-state index in [9.17, 15) is 9.90 Å². The minimum atomic E-state index is -0.923. The lowest BCUT2D eigenvalue weighted by Gasteiger charge is -2.18. The molecule has 0 radical (unpaired) electrons. The van der Waals surface area contributed by atoms with E-state index in [0.717, 1.165) is 10.2 Å². The molecule has 0 aliphatic heterocycles. The lowest BCUT2D eigenvalue weighted by atomic mass is 10.1. The van der Waals surface area contributed by atoms with Crippen molar-refractivity contribution in [1.82, 2.24) is 9.78 Å². The van der Waals surface area contributed by atoms with Crippen molar-refractivity contribution in [2.45, 2.75) is 39.5 Å². The quantitative estimate of drug-likeness (QED) is 0.854. The first kappa shape index (κ1) is 19.1. The van der Waals surface area contributed by atoms with Gasteiger partial charge in [0.15, 0.2) is 0 Å². The zero-order valence-electron chi connectivity index (χ0n) is 14.4. The topological polar surface area (TPSA) is 88.1 Å². The molecule has 0 saturated carbocycles. The number of nitrogens with zero attached hydrogens (tertiary/aromatic N) is 3. The number of aryl methyl sites for hydroxylation is 1. The molecule has 1 aromatic heterocycles. The van der Waals surface area contributed by atoms with Gasteiger partial charge in [-0.15, -0.1) is 0 Å². The molecule has 7 heteroatoms. The van der Waals surface area contributed by atoms with E-state index in [1.165, 1.54) is 0 Å². The van der Waals surface area contributed by atoms with Crippen molar-refractivity contribution in [2.75, 3.05) is 6.61 Å². The average molecular weight is 362 g/mol. The highest BCUT2D eigenvalue weighted by Gasteiger charge is 2.16. The Labute approximate surface area is 151 Å². The van der Waals surface area contributed by atoms with Gasteiger partial charge in [-0.25, -0.2) is 4.68 Å². The first-order valence-corrected chi connectivity index (χ1v) is 8.24. The third-order valence-corrected chi connectivity index (χ3v) is 4.26. The molecular formula is C18H20ClN3O3. The van der Waals surface area contributed by atoms with Gasteiger partial charge in [-0.3, -0.25) is 4.79 Å². The van der Waals surface area contributed by atoms with Crippen LogP contribution in [0.25, 0.3) is 0 Å². The minimum Gasteiger partial charge on any atom is -0.389 e. The maximum Gasteiger partial charge on any atom is 0.285 e. The Morgan fingerprint density at radius 3 is 2.60 bits per heavy atom. The van der Waals surface area contributed by atoms with E-state index in [1.807, 2.05) is 25.1 Å². The molecule has 6 nitrogen and oxygen atoms in total. The molecule has 0 saturated heterocycles. The van der Waals surface area contributed by atoms with Gasteiger partial charge in [0.1, 0.15) is 11.6 Å². The number of hydrogen-bond donors (Lipinski definition) is 1.